The standard InChI is InChI=1S/C18H25ClN4O2/c1-21(2)17(25)23-9-7-22(8-10-23)16(24)18(12-20-13-18)11-14-3-5-15(19)6-4-14/h3-6,20H,7-13H2,1-2H3. The number of urea groups is 1. The van der Waals surface area contributed by atoms with Crippen LogP contribution in [0, 0.1) is 5.41 Å². The second-order valence-corrected chi connectivity index (χ2v) is 7.58. The van der Waals surface area contributed by atoms with Gasteiger partial charge < -0.3 is 20.0 Å². The van der Waals surface area contributed by atoms with Crippen LogP contribution in [0.3, 0.4) is 0 Å². The van der Waals surface area contributed by atoms with Gasteiger partial charge in [-0.3, -0.25) is 4.79 Å². The number of rotatable bonds is 3. The van der Waals surface area contributed by atoms with E-state index in [1.54, 1.807) is 23.9 Å². The van der Waals surface area contributed by atoms with Gasteiger partial charge in [-0.25, -0.2) is 4.79 Å². The molecule has 25 heavy (non-hydrogen) atoms. The number of nitrogens with zero attached hydrogens (tertiary/aromatic N) is 3. The number of hydrogen-bond acceptors (Lipinski definition) is 3. The van der Waals surface area contributed by atoms with E-state index in [0.29, 0.717) is 50.7 Å². The highest BCUT2D eigenvalue weighted by Gasteiger charge is 2.46. The first kappa shape index (κ1) is 18.0. The molecule has 0 atom stereocenters. The first-order chi connectivity index (χ1) is 11.9. The Morgan fingerprint density at radius 2 is 1.64 bits per heavy atom. The third-order valence-electron chi connectivity index (χ3n) is 5.06. The predicted molar refractivity (Wildman–Crippen MR) is 97.7 cm³/mol. The molecule has 2 saturated heterocycles. The Labute approximate surface area is 153 Å². The SMILES string of the molecule is CN(C)C(=O)N1CCN(C(=O)C2(Cc3ccc(Cl)cc3)CNC2)CC1. The molecule has 2 aliphatic heterocycles. The molecule has 2 heterocycles. The van der Waals surface area contributed by atoms with E-state index >= 15 is 0 Å². The zero-order valence-corrected chi connectivity index (χ0v) is 15.6. The molecule has 3 amide bonds. The van der Waals surface area contributed by atoms with Crippen molar-refractivity contribution in [1.29, 1.82) is 0 Å². The molecule has 6 nitrogen and oxygen atoms in total. The lowest BCUT2D eigenvalue weighted by Gasteiger charge is -2.46. The van der Waals surface area contributed by atoms with Gasteiger partial charge in [0.15, 0.2) is 0 Å². The molecule has 7 heteroatoms. The van der Waals surface area contributed by atoms with Gasteiger partial charge in [0.05, 0.1) is 5.41 Å². The van der Waals surface area contributed by atoms with Gasteiger partial charge >= 0.3 is 6.03 Å². The first-order valence-electron chi connectivity index (χ1n) is 8.62. The predicted octanol–water partition coefficient (Wildman–Crippen LogP) is 1.30. The van der Waals surface area contributed by atoms with Crippen molar-refractivity contribution >= 4 is 23.5 Å². The highest BCUT2D eigenvalue weighted by atomic mass is 35.5. The summed E-state index contributed by atoms with van der Waals surface area (Å²) in [6.45, 7) is 3.78. The quantitative estimate of drug-likeness (QED) is 0.879. The van der Waals surface area contributed by atoms with Crippen LogP contribution >= 0.6 is 11.6 Å². The van der Waals surface area contributed by atoms with Crippen molar-refractivity contribution in [1.82, 2.24) is 20.0 Å². The molecule has 0 aliphatic carbocycles. The second kappa shape index (κ2) is 7.22. The monoisotopic (exact) mass is 364 g/mol. The van der Waals surface area contributed by atoms with E-state index in [9.17, 15) is 9.59 Å². The summed E-state index contributed by atoms with van der Waals surface area (Å²) in [4.78, 5) is 30.5. The van der Waals surface area contributed by atoms with Gasteiger partial charge in [0.1, 0.15) is 0 Å². The number of hydrogen-bond donors (Lipinski definition) is 1. The first-order valence-corrected chi connectivity index (χ1v) is 9.00. The molecule has 0 unspecified atom stereocenters. The maximum Gasteiger partial charge on any atom is 0.319 e. The fourth-order valence-electron chi connectivity index (χ4n) is 3.49. The van der Waals surface area contributed by atoms with Crippen LogP contribution in [0.15, 0.2) is 24.3 Å². The van der Waals surface area contributed by atoms with Crippen molar-refractivity contribution in [2.45, 2.75) is 6.42 Å². The van der Waals surface area contributed by atoms with Crippen LogP contribution in [0.2, 0.25) is 5.02 Å². The van der Waals surface area contributed by atoms with Gasteiger partial charge in [0.2, 0.25) is 5.91 Å². The summed E-state index contributed by atoms with van der Waals surface area (Å²) in [5.74, 6) is 0.193. The Morgan fingerprint density at radius 1 is 1.08 bits per heavy atom. The van der Waals surface area contributed by atoms with Crippen LogP contribution in [0.5, 0.6) is 0 Å². The van der Waals surface area contributed by atoms with Gasteiger partial charge in [-0.2, -0.15) is 0 Å². The summed E-state index contributed by atoms with van der Waals surface area (Å²) >= 11 is 5.95. The van der Waals surface area contributed by atoms with Crippen LogP contribution in [0.4, 0.5) is 4.79 Å². The van der Waals surface area contributed by atoms with Crippen molar-refractivity contribution in [3.05, 3.63) is 34.9 Å². The minimum absolute atomic E-state index is 0.00767. The maximum atomic E-state index is 13.1. The number of amides is 3. The number of carbonyl (C=O) groups excluding carboxylic acids is 2. The molecule has 0 saturated carbocycles. The molecular formula is C18H25ClN4O2. The largest absolute Gasteiger partial charge is 0.339 e. The highest BCUT2D eigenvalue weighted by molar-refractivity contribution is 6.30. The third kappa shape index (κ3) is 3.75. The average Bonchev–Trinajstić information content (AvgIpc) is 2.58. The number of nitrogens with one attached hydrogen (secondary N) is 1. The molecule has 1 aromatic carbocycles. The van der Waals surface area contributed by atoms with Crippen molar-refractivity contribution in [3.8, 4) is 0 Å². The fraction of sp³-hybridized carbons (Fsp3) is 0.556. The summed E-state index contributed by atoms with van der Waals surface area (Å²) in [6.07, 6.45) is 0.715. The van der Waals surface area contributed by atoms with E-state index in [2.05, 4.69) is 5.32 Å². The van der Waals surface area contributed by atoms with E-state index in [0.717, 1.165) is 5.56 Å². The molecule has 2 aliphatic rings. The van der Waals surface area contributed by atoms with Crippen LogP contribution < -0.4 is 5.32 Å². The van der Waals surface area contributed by atoms with Crippen LogP contribution in [-0.4, -0.2) is 80.0 Å². The van der Waals surface area contributed by atoms with E-state index in [4.69, 9.17) is 11.6 Å². The van der Waals surface area contributed by atoms with Gasteiger partial charge in [-0.15, -0.1) is 0 Å². The summed E-state index contributed by atoms with van der Waals surface area (Å²) in [6, 6.07) is 7.72. The van der Waals surface area contributed by atoms with Crippen LogP contribution in [-0.2, 0) is 11.2 Å². The number of piperazine rings is 1. The third-order valence-corrected chi connectivity index (χ3v) is 5.31. The topological polar surface area (TPSA) is 55.9 Å². The Kier molecular flexibility index (Phi) is 5.20. The van der Waals surface area contributed by atoms with E-state index in [-0.39, 0.29) is 17.4 Å². The Balaban J connectivity index is 1.63. The Hall–Kier alpha value is -1.79. The smallest absolute Gasteiger partial charge is 0.319 e. The lowest BCUT2D eigenvalue weighted by molar-refractivity contribution is -0.146. The van der Waals surface area contributed by atoms with E-state index < -0.39 is 0 Å². The molecule has 1 aromatic rings. The van der Waals surface area contributed by atoms with E-state index in [1.807, 2.05) is 29.2 Å². The number of benzene rings is 1. The summed E-state index contributed by atoms with van der Waals surface area (Å²) in [5.41, 5.74) is 0.752. The van der Waals surface area contributed by atoms with Crippen molar-refractivity contribution in [2.75, 3.05) is 53.4 Å². The van der Waals surface area contributed by atoms with Crippen molar-refractivity contribution < 1.29 is 9.59 Å². The zero-order valence-electron chi connectivity index (χ0n) is 14.8. The van der Waals surface area contributed by atoms with Gasteiger partial charge in [-0.05, 0) is 24.1 Å². The molecule has 0 bridgehead atoms. The van der Waals surface area contributed by atoms with Gasteiger partial charge in [0.25, 0.3) is 0 Å². The van der Waals surface area contributed by atoms with Gasteiger partial charge in [-0.1, -0.05) is 23.7 Å². The summed E-state index contributed by atoms with van der Waals surface area (Å²) < 4.78 is 0. The lowest BCUT2D eigenvalue weighted by Crippen LogP contribution is -2.65. The molecule has 3 rings (SSSR count). The summed E-state index contributed by atoms with van der Waals surface area (Å²) in [5, 5.41) is 3.96. The molecule has 2 fully saturated rings. The number of halogens is 1. The maximum absolute atomic E-state index is 13.1. The van der Waals surface area contributed by atoms with Crippen molar-refractivity contribution in [2.24, 2.45) is 5.41 Å². The minimum Gasteiger partial charge on any atom is -0.339 e. The molecule has 1 N–H and O–H groups in total. The number of carbonyl (C=O) groups is 2. The highest BCUT2D eigenvalue weighted by Crippen LogP contribution is 2.31. The Morgan fingerprint density at radius 3 is 2.12 bits per heavy atom. The normalized spacial score (nSPS) is 19.3. The fourth-order valence-corrected chi connectivity index (χ4v) is 3.62. The molecule has 0 aromatic heterocycles. The summed E-state index contributed by atoms with van der Waals surface area (Å²) in [7, 11) is 3.50. The van der Waals surface area contributed by atoms with Crippen LogP contribution in [0.25, 0.3) is 0 Å². The molecule has 0 radical (unpaired) electrons. The van der Waals surface area contributed by atoms with E-state index in [1.165, 1.54) is 0 Å². The van der Waals surface area contributed by atoms with Crippen LogP contribution in [0.1, 0.15) is 5.56 Å². The lowest BCUT2D eigenvalue weighted by atomic mass is 9.75. The van der Waals surface area contributed by atoms with Crippen molar-refractivity contribution in [3.63, 3.8) is 0 Å². The van der Waals surface area contributed by atoms with Gasteiger partial charge in [0, 0.05) is 58.4 Å². The molecule has 136 valence electrons. The minimum atomic E-state index is -0.373. The average molecular weight is 365 g/mol. The Bertz CT molecular complexity index is 635. The molecule has 0 spiro atoms. The zero-order chi connectivity index (χ0) is 18.0. The molecular weight excluding hydrogens is 340 g/mol. The second-order valence-electron chi connectivity index (χ2n) is 7.14.